The standard InChI is InChI=1S/C20H24N2O2/c1-3-5-15-21-19(23)16-11-13-17(14-12-16)20(24)22(4-2)18-9-7-6-8-10-18/h6-14H,3-5,15H2,1-2H3,(H,21,23). The number of benzene rings is 2. The number of nitrogens with one attached hydrogen (secondary N) is 1. The molecule has 0 bridgehead atoms. The van der Waals surface area contributed by atoms with Crippen LogP contribution in [0.1, 0.15) is 47.4 Å². The zero-order chi connectivity index (χ0) is 17.4. The molecule has 2 aromatic rings. The lowest BCUT2D eigenvalue weighted by Gasteiger charge is -2.21. The number of hydrogen-bond donors (Lipinski definition) is 1. The number of carbonyl (C=O) groups excluding carboxylic acids is 2. The second-order valence-electron chi connectivity index (χ2n) is 5.57. The van der Waals surface area contributed by atoms with Gasteiger partial charge in [-0.2, -0.15) is 0 Å². The van der Waals surface area contributed by atoms with E-state index >= 15 is 0 Å². The summed E-state index contributed by atoms with van der Waals surface area (Å²) in [6, 6.07) is 16.4. The van der Waals surface area contributed by atoms with E-state index in [0.717, 1.165) is 18.5 Å². The lowest BCUT2D eigenvalue weighted by molar-refractivity contribution is 0.0949. The van der Waals surface area contributed by atoms with Crippen LogP contribution in [0.3, 0.4) is 0 Å². The van der Waals surface area contributed by atoms with Gasteiger partial charge >= 0.3 is 0 Å². The highest BCUT2D eigenvalue weighted by Crippen LogP contribution is 2.17. The minimum Gasteiger partial charge on any atom is -0.352 e. The lowest BCUT2D eigenvalue weighted by atomic mass is 10.1. The highest BCUT2D eigenvalue weighted by atomic mass is 16.2. The second-order valence-corrected chi connectivity index (χ2v) is 5.57. The third-order valence-electron chi connectivity index (χ3n) is 3.84. The van der Waals surface area contributed by atoms with Gasteiger partial charge in [0.05, 0.1) is 0 Å². The van der Waals surface area contributed by atoms with Gasteiger partial charge in [0, 0.05) is 29.9 Å². The van der Waals surface area contributed by atoms with E-state index < -0.39 is 0 Å². The van der Waals surface area contributed by atoms with Gasteiger partial charge in [0.15, 0.2) is 0 Å². The maximum Gasteiger partial charge on any atom is 0.258 e. The van der Waals surface area contributed by atoms with Crippen molar-refractivity contribution >= 4 is 17.5 Å². The summed E-state index contributed by atoms with van der Waals surface area (Å²) in [6.45, 7) is 5.29. The Morgan fingerprint density at radius 2 is 1.54 bits per heavy atom. The molecule has 24 heavy (non-hydrogen) atoms. The third-order valence-corrected chi connectivity index (χ3v) is 3.84. The third kappa shape index (κ3) is 4.44. The van der Waals surface area contributed by atoms with Crippen LogP contribution >= 0.6 is 0 Å². The fourth-order valence-electron chi connectivity index (χ4n) is 2.45. The molecule has 0 fully saturated rings. The quantitative estimate of drug-likeness (QED) is 0.786. The summed E-state index contributed by atoms with van der Waals surface area (Å²) in [5.41, 5.74) is 2.02. The first-order chi connectivity index (χ1) is 11.7. The molecule has 2 amide bonds. The molecule has 4 nitrogen and oxygen atoms in total. The van der Waals surface area contributed by atoms with Crippen LogP contribution in [0.4, 0.5) is 5.69 Å². The number of para-hydroxylation sites is 1. The number of carbonyl (C=O) groups is 2. The molecule has 1 N–H and O–H groups in total. The van der Waals surface area contributed by atoms with Gasteiger partial charge in [-0.15, -0.1) is 0 Å². The number of hydrogen-bond acceptors (Lipinski definition) is 2. The molecule has 126 valence electrons. The largest absolute Gasteiger partial charge is 0.352 e. The number of unbranched alkanes of at least 4 members (excludes halogenated alkanes) is 1. The Kier molecular flexibility index (Phi) is 6.55. The number of nitrogens with zero attached hydrogens (tertiary/aromatic N) is 1. The maximum absolute atomic E-state index is 12.7. The molecule has 0 heterocycles. The van der Waals surface area contributed by atoms with Crippen LogP contribution in [0.25, 0.3) is 0 Å². The van der Waals surface area contributed by atoms with Gasteiger partial charge in [0.25, 0.3) is 11.8 Å². The van der Waals surface area contributed by atoms with Crippen LogP contribution in [0.5, 0.6) is 0 Å². The molecule has 2 rings (SSSR count). The van der Waals surface area contributed by atoms with Crippen molar-refractivity contribution in [1.29, 1.82) is 0 Å². The molecular weight excluding hydrogens is 300 g/mol. The second kappa shape index (κ2) is 8.87. The minimum absolute atomic E-state index is 0.0679. The van der Waals surface area contributed by atoms with E-state index in [1.165, 1.54) is 0 Å². The van der Waals surface area contributed by atoms with Crippen molar-refractivity contribution in [3.8, 4) is 0 Å². The molecule has 2 aromatic carbocycles. The van der Waals surface area contributed by atoms with E-state index in [0.29, 0.717) is 24.2 Å². The predicted molar refractivity (Wildman–Crippen MR) is 97.5 cm³/mol. The highest BCUT2D eigenvalue weighted by molar-refractivity contribution is 6.06. The van der Waals surface area contributed by atoms with E-state index in [9.17, 15) is 9.59 Å². The summed E-state index contributed by atoms with van der Waals surface area (Å²) >= 11 is 0. The minimum atomic E-state index is -0.0992. The average Bonchev–Trinajstić information content (AvgIpc) is 2.63. The van der Waals surface area contributed by atoms with Crippen LogP contribution in [0.2, 0.25) is 0 Å². The Morgan fingerprint density at radius 1 is 0.917 bits per heavy atom. The summed E-state index contributed by atoms with van der Waals surface area (Å²) in [7, 11) is 0. The molecular formula is C20H24N2O2. The number of anilines is 1. The Bertz CT molecular complexity index is 666. The van der Waals surface area contributed by atoms with Crippen molar-refractivity contribution in [3.05, 3.63) is 65.7 Å². The number of rotatable bonds is 7. The molecule has 0 aliphatic rings. The lowest BCUT2D eigenvalue weighted by Crippen LogP contribution is -2.30. The van der Waals surface area contributed by atoms with E-state index in [2.05, 4.69) is 12.2 Å². The topological polar surface area (TPSA) is 49.4 Å². The van der Waals surface area contributed by atoms with Crippen LogP contribution < -0.4 is 10.2 Å². The van der Waals surface area contributed by atoms with E-state index in [4.69, 9.17) is 0 Å². The fourth-order valence-corrected chi connectivity index (χ4v) is 2.45. The highest BCUT2D eigenvalue weighted by Gasteiger charge is 2.16. The van der Waals surface area contributed by atoms with E-state index in [-0.39, 0.29) is 11.8 Å². The van der Waals surface area contributed by atoms with Crippen LogP contribution in [0, 0.1) is 0 Å². The summed E-state index contributed by atoms with van der Waals surface area (Å²) < 4.78 is 0. The zero-order valence-electron chi connectivity index (χ0n) is 14.3. The van der Waals surface area contributed by atoms with Gasteiger partial charge in [-0.1, -0.05) is 31.5 Å². The molecule has 0 spiro atoms. The Hall–Kier alpha value is -2.62. The van der Waals surface area contributed by atoms with Gasteiger partial charge in [0.2, 0.25) is 0 Å². The van der Waals surface area contributed by atoms with Gasteiger partial charge < -0.3 is 10.2 Å². The first-order valence-electron chi connectivity index (χ1n) is 8.42. The molecule has 0 unspecified atom stereocenters. The molecule has 0 aromatic heterocycles. The van der Waals surface area contributed by atoms with Crippen molar-refractivity contribution in [2.24, 2.45) is 0 Å². The normalized spacial score (nSPS) is 10.2. The number of amides is 2. The summed E-state index contributed by atoms with van der Waals surface area (Å²) in [5.74, 6) is -0.167. The zero-order valence-corrected chi connectivity index (χ0v) is 14.3. The van der Waals surface area contributed by atoms with Gasteiger partial charge in [-0.3, -0.25) is 9.59 Å². The van der Waals surface area contributed by atoms with Crippen molar-refractivity contribution in [2.45, 2.75) is 26.7 Å². The Morgan fingerprint density at radius 3 is 2.12 bits per heavy atom. The average molecular weight is 324 g/mol. The van der Waals surface area contributed by atoms with Crippen molar-refractivity contribution in [2.75, 3.05) is 18.0 Å². The SMILES string of the molecule is CCCCNC(=O)c1ccc(C(=O)N(CC)c2ccccc2)cc1. The predicted octanol–water partition coefficient (Wildman–Crippen LogP) is 3.88. The molecule has 0 atom stereocenters. The van der Waals surface area contributed by atoms with Crippen molar-refractivity contribution in [1.82, 2.24) is 5.32 Å². The van der Waals surface area contributed by atoms with Crippen molar-refractivity contribution in [3.63, 3.8) is 0 Å². The molecule has 4 heteroatoms. The molecule has 0 saturated heterocycles. The molecule has 0 radical (unpaired) electrons. The first kappa shape index (κ1) is 17.7. The summed E-state index contributed by atoms with van der Waals surface area (Å²) in [5, 5.41) is 2.87. The van der Waals surface area contributed by atoms with Crippen LogP contribution in [-0.2, 0) is 0 Å². The van der Waals surface area contributed by atoms with Crippen LogP contribution in [0.15, 0.2) is 54.6 Å². The first-order valence-corrected chi connectivity index (χ1v) is 8.42. The van der Waals surface area contributed by atoms with Gasteiger partial charge in [-0.25, -0.2) is 0 Å². The fraction of sp³-hybridized carbons (Fsp3) is 0.300. The Balaban J connectivity index is 2.09. The Labute approximate surface area is 143 Å². The van der Waals surface area contributed by atoms with Crippen molar-refractivity contribution < 1.29 is 9.59 Å². The van der Waals surface area contributed by atoms with Gasteiger partial charge in [0.1, 0.15) is 0 Å². The molecule has 0 aliphatic carbocycles. The monoisotopic (exact) mass is 324 g/mol. The van der Waals surface area contributed by atoms with Gasteiger partial charge in [-0.05, 0) is 49.7 Å². The summed E-state index contributed by atoms with van der Waals surface area (Å²) in [6.07, 6.45) is 2.00. The smallest absolute Gasteiger partial charge is 0.258 e. The maximum atomic E-state index is 12.7. The van der Waals surface area contributed by atoms with E-state index in [1.807, 2.05) is 37.3 Å². The molecule has 0 saturated carbocycles. The molecule has 0 aliphatic heterocycles. The van der Waals surface area contributed by atoms with Crippen LogP contribution in [-0.4, -0.2) is 24.9 Å². The summed E-state index contributed by atoms with van der Waals surface area (Å²) in [4.78, 5) is 26.4. The van der Waals surface area contributed by atoms with E-state index in [1.54, 1.807) is 29.2 Å².